The number of hydrogen-bond acceptors (Lipinski definition) is 5. The minimum atomic E-state index is -4.80. The Morgan fingerprint density at radius 1 is 1.10 bits per heavy atom. The minimum absolute atomic E-state index is 0.0975. The molecule has 0 amide bonds. The molecule has 3 rings (SSSR count). The first kappa shape index (κ1) is 21.1. The van der Waals surface area contributed by atoms with E-state index in [0.717, 1.165) is 18.2 Å². The Bertz CT molecular complexity index is 1070. The number of fused-ring (bicyclic) bond motifs is 1. The standard InChI is InChI=1S/C17H13ClF3NO6S/c18-11-3-2-9(17(19,20)21)6-15(11)29(25,26)22-12-8-14-13(7-10(12)16(23)24)27-4-1-5-28-14/h2-3,6-8,22H,1,4-5H2,(H,23,24). The number of carboxylic acids is 1. The van der Waals surface area contributed by atoms with Gasteiger partial charge in [0.25, 0.3) is 10.0 Å². The van der Waals surface area contributed by atoms with Gasteiger partial charge in [-0.05, 0) is 18.2 Å². The van der Waals surface area contributed by atoms with Crippen molar-refractivity contribution in [2.24, 2.45) is 0 Å². The summed E-state index contributed by atoms with van der Waals surface area (Å²) in [5, 5.41) is 8.94. The molecule has 0 saturated carbocycles. The van der Waals surface area contributed by atoms with E-state index in [1.165, 1.54) is 0 Å². The average Bonchev–Trinajstić information content (AvgIpc) is 2.84. The van der Waals surface area contributed by atoms with Crippen molar-refractivity contribution < 1.29 is 41.0 Å². The first-order valence-electron chi connectivity index (χ1n) is 8.05. The lowest BCUT2D eigenvalue weighted by Gasteiger charge is -2.16. The molecule has 12 heteroatoms. The van der Waals surface area contributed by atoms with Crippen molar-refractivity contribution in [2.75, 3.05) is 17.9 Å². The number of hydrogen-bond donors (Lipinski definition) is 2. The van der Waals surface area contributed by atoms with E-state index >= 15 is 0 Å². The summed E-state index contributed by atoms with van der Waals surface area (Å²) >= 11 is 5.79. The number of ether oxygens (including phenoxy) is 2. The highest BCUT2D eigenvalue weighted by atomic mass is 35.5. The van der Waals surface area contributed by atoms with Gasteiger partial charge in [-0.1, -0.05) is 11.6 Å². The van der Waals surface area contributed by atoms with Crippen molar-refractivity contribution in [3.05, 3.63) is 46.5 Å². The van der Waals surface area contributed by atoms with Crippen molar-refractivity contribution >= 4 is 33.3 Å². The second kappa shape index (κ2) is 7.64. The van der Waals surface area contributed by atoms with Gasteiger partial charge >= 0.3 is 12.1 Å². The third-order valence-corrected chi connectivity index (χ3v) is 5.76. The number of sulfonamides is 1. The largest absolute Gasteiger partial charge is 0.490 e. The molecular weight excluding hydrogens is 439 g/mol. The number of halogens is 4. The highest BCUT2D eigenvalue weighted by Crippen LogP contribution is 2.38. The molecule has 0 bridgehead atoms. The maximum Gasteiger partial charge on any atom is 0.416 e. The number of aromatic carboxylic acids is 1. The third kappa shape index (κ3) is 4.51. The Balaban J connectivity index is 2.07. The fourth-order valence-corrected chi connectivity index (χ4v) is 4.15. The molecule has 1 aliphatic heterocycles. The fourth-order valence-electron chi connectivity index (χ4n) is 2.56. The highest BCUT2D eigenvalue weighted by molar-refractivity contribution is 7.92. The Kier molecular flexibility index (Phi) is 5.54. The first-order valence-corrected chi connectivity index (χ1v) is 9.91. The topological polar surface area (TPSA) is 102 Å². The average molecular weight is 452 g/mol. The van der Waals surface area contributed by atoms with Crippen molar-refractivity contribution in [1.29, 1.82) is 0 Å². The van der Waals surface area contributed by atoms with Crippen LogP contribution in [0.25, 0.3) is 0 Å². The second-order valence-corrected chi connectivity index (χ2v) is 8.01. The van der Waals surface area contributed by atoms with Crippen LogP contribution in [0.5, 0.6) is 11.5 Å². The normalized spacial score (nSPS) is 14.2. The molecule has 156 valence electrons. The van der Waals surface area contributed by atoms with E-state index in [0.29, 0.717) is 18.6 Å². The maximum atomic E-state index is 12.9. The van der Waals surface area contributed by atoms with Gasteiger partial charge in [-0.25, -0.2) is 13.2 Å². The van der Waals surface area contributed by atoms with Gasteiger partial charge in [0.1, 0.15) is 4.90 Å². The number of benzene rings is 2. The molecule has 0 saturated heterocycles. The molecule has 0 atom stereocenters. The van der Waals surface area contributed by atoms with Gasteiger partial charge in [0.05, 0.1) is 35.1 Å². The zero-order valence-electron chi connectivity index (χ0n) is 14.4. The highest BCUT2D eigenvalue weighted by Gasteiger charge is 2.33. The maximum absolute atomic E-state index is 12.9. The Hall–Kier alpha value is -2.66. The number of nitrogens with one attached hydrogen (secondary N) is 1. The van der Waals surface area contributed by atoms with Crippen molar-refractivity contribution in [3.63, 3.8) is 0 Å². The SMILES string of the molecule is O=C(O)c1cc2c(cc1NS(=O)(=O)c1cc(C(F)(F)F)ccc1Cl)OCCCO2. The molecule has 0 fully saturated rings. The summed E-state index contributed by atoms with van der Waals surface area (Å²) in [5.41, 5.74) is -2.10. The van der Waals surface area contributed by atoms with Crippen molar-refractivity contribution in [1.82, 2.24) is 0 Å². The summed E-state index contributed by atoms with van der Waals surface area (Å²) in [6.07, 6.45) is -4.27. The van der Waals surface area contributed by atoms with Crippen LogP contribution < -0.4 is 14.2 Å². The Morgan fingerprint density at radius 3 is 2.31 bits per heavy atom. The predicted molar refractivity (Wildman–Crippen MR) is 96.3 cm³/mol. The monoisotopic (exact) mass is 451 g/mol. The van der Waals surface area contributed by atoms with E-state index in [1.54, 1.807) is 0 Å². The molecule has 2 aromatic carbocycles. The predicted octanol–water partition coefficient (Wildman–Crippen LogP) is 4.02. The number of alkyl halides is 3. The zero-order valence-corrected chi connectivity index (χ0v) is 16.0. The molecule has 0 aromatic heterocycles. The van der Waals surface area contributed by atoms with E-state index in [4.69, 9.17) is 21.1 Å². The van der Waals surface area contributed by atoms with Gasteiger partial charge in [0, 0.05) is 18.6 Å². The molecule has 2 aromatic rings. The van der Waals surface area contributed by atoms with E-state index in [2.05, 4.69) is 0 Å². The van der Waals surface area contributed by atoms with Crippen LogP contribution in [0.3, 0.4) is 0 Å². The van der Waals surface area contributed by atoms with Crippen molar-refractivity contribution in [2.45, 2.75) is 17.5 Å². The number of carbonyl (C=O) groups is 1. The van der Waals surface area contributed by atoms with Crippen LogP contribution in [0.2, 0.25) is 5.02 Å². The van der Waals surface area contributed by atoms with Crippen LogP contribution in [0, 0.1) is 0 Å². The van der Waals surface area contributed by atoms with Gasteiger partial charge in [-0.3, -0.25) is 4.72 Å². The smallest absolute Gasteiger partial charge is 0.416 e. The van der Waals surface area contributed by atoms with E-state index in [9.17, 15) is 31.5 Å². The molecule has 0 unspecified atom stereocenters. The molecule has 1 heterocycles. The van der Waals surface area contributed by atoms with E-state index in [1.807, 2.05) is 4.72 Å². The molecule has 2 N–H and O–H groups in total. The summed E-state index contributed by atoms with van der Waals surface area (Å²) in [4.78, 5) is 10.7. The van der Waals surface area contributed by atoms with Gasteiger partial charge in [0.15, 0.2) is 11.5 Å². The van der Waals surface area contributed by atoms with Gasteiger partial charge in [-0.15, -0.1) is 0 Å². The summed E-state index contributed by atoms with van der Waals surface area (Å²) in [7, 11) is -4.66. The molecule has 1 aliphatic rings. The van der Waals surface area contributed by atoms with E-state index in [-0.39, 0.29) is 24.7 Å². The molecule has 0 aliphatic carbocycles. The summed E-state index contributed by atoms with van der Waals surface area (Å²) in [6, 6.07) is 3.98. The molecular formula is C17H13ClF3NO6S. The fraction of sp³-hybridized carbons (Fsp3) is 0.235. The van der Waals surface area contributed by atoms with Gasteiger partial charge in [-0.2, -0.15) is 13.2 Å². The van der Waals surface area contributed by atoms with Crippen LogP contribution in [0.1, 0.15) is 22.3 Å². The number of carboxylic acid groups (broad SMARTS) is 1. The lowest BCUT2D eigenvalue weighted by Crippen LogP contribution is -2.17. The Morgan fingerprint density at radius 2 is 1.72 bits per heavy atom. The Labute approximate surface area is 168 Å². The lowest BCUT2D eigenvalue weighted by atomic mass is 10.1. The van der Waals surface area contributed by atoms with Crippen LogP contribution in [0.4, 0.5) is 18.9 Å². The lowest BCUT2D eigenvalue weighted by molar-refractivity contribution is -0.137. The van der Waals surface area contributed by atoms with Gasteiger partial charge < -0.3 is 14.6 Å². The first-order chi connectivity index (χ1) is 13.5. The summed E-state index contributed by atoms with van der Waals surface area (Å²) < 4.78 is 77.0. The number of rotatable bonds is 4. The van der Waals surface area contributed by atoms with Crippen LogP contribution in [-0.2, 0) is 16.2 Å². The van der Waals surface area contributed by atoms with Crippen LogP contribution in [-0.4, -0.2) is 32.7 Å². The van der Waals surface area contributed by atoms with E-state index < -0.39 is 48.9 Å². The summed E-state index contributed by atoms with van der Waals surface area (Å²) in [6.45, 7) is 0.530. The zero-order chi connectivity index (χ0) is 21.4. The van der Waals surface area contributed by atoms with Gasteiger partial charge in [0.2, 0.25) is 0 Å². The molecule has 7 nitrogen and oxygen atoms in total. The second-order valence-electron chi connectivity index (χ2n) is 5.95. The summed E-state index contributed by atoms with van der Waals surface area (Å²) in [5.74, 6) is -1.27. The number of anilines is 1. The van der Waals surface area contributed by atoms with Crippen LogP contribution in [0.15, 0.2) is 35.2 Å². The molecule has 29 heavy (non-hydrogen) atoms. The molecule has 0 spiro atoms. The van der Waals surface area contributed by atoms with Crippen molar-refractivity contribution in [3.8, 4) is 11.5 Å². The van der Waals surface area contributed by atoms with Crippen LogP contribution >= 0.6 is 11.6 Å². The third-order valence-electron chi connectivity index (χ3n) is 3.91. The minimum Gasteiger partial charge on any atom is -0.490 e. The quantitative estimate of drug-likeness (QED) is 0.728. The molecule has 0 radical (unpaired) electrons.